The van der Waals surface area contributed by atoms with Gasteiger partial charge in [0.2, 0.25) is 5.91 Å². The van der Waals surface area contributed by atoms with Crippen LogP contribution in [0.25, 0.3) is 0 Å². The van der Waals surface area contributed by atoms with Gasteiger partial charge in [0.1, 0.15) is 0 Å². The molecule has 1 aromatic rings. The Morgan fingerprint density at radius 1 is 1.18 bits per heavy atom. The smallest absolute Gasteiger partial charge is 0.338 e. The average Bonchev–Trinajstić information content (AvgIpc) is 3.01. The van der Waals surface area contributed by atoms with Crippen molar-refractivity contribution in [3.05, 3.63) is 35.4 Å². The maximum absolute atomic E-state index is 12.3. The van der Waals surface area contributed by atoms with Crippen LogP contribution in [0.3, 0.4) is 0 Å². The van der Waals surface area contributed by atoms with Crippen molar-refractivity contribution >= 4 is 23.8 Å². The van der Waals surface area contributed by atoms with E-state index in [-0.39, 0.29) is 30.9 Å². The molecule has 28 heavy (non-hydrogen) atoms. The molecule has 0 bridgehead atoms. The van der Waals surface area contributed by atoms with Crippen molar-refractivity contribution < 1.29 is 23.9 Å². The lowest BCUT2D eigenvalue weighted by Gasteiger charge is -2.24. The minimum Gasteiger partial charge on any atom is -0.449 e. The zero-order chi connectivity index (χ0) is 20.1. The van der Waals surface area contributed by atoms with Gasteiger partial charge < -0.3 is 15.4 Å². The van der Waals surface area contributed by atoms with Gasteiger partial charge in [0.25, 0.3) is 5.91 Å². The number of nitrogens with one attached hydrogen (secondary N) is 2. The lowest BCUT2D eigenvalue weighted by Crippen LogP contribution is -2.42. The molecule has 150 valence electrons. The summed E-state index contributed by atoms with van der Waals surface area (Å²) < 4.78 is 5.27. The summed E-state index contributed by atoms with van der Waals surface area (Å²) in [6.07, 6.45) is 4.46. The quantitative estimate of drug-likeness (QED) is 0.571. The van der Waals surface area contributed by atoms with Crippen LogP contribution in [-0.4, -0.2) is 47.4 Å². The molecule has 8 heteroatoms. The fourth-order valence-corrected chi connectivity index (χ4v) is 3.39. The third-order valence-corrected chi connectivity index (χ3v) is 5.07. The van der Waals surface area contributed by atoms with E-state index in [2.05, 4.69) is 10.6 Å². The Morgan fingerprint density at radius 3 is 2.46 bits per heavy atom. The molecule has 2 fully saturated rings. The molecule has 1 unspecified atom stereocenters. The first kappa shape index (κ1) is 19.9. The van der Waals surface area contributed by atoms with Crippen LogP contribution in [0.4, 0.5) is 4.79 Å². The van der Waals surface area contributed by atoms with Crippen molar-refractivity contribution in [1.29, 1.82) is 0 Å². The Hall–Kier alpha value is -2.90. The van der Waals surface area contributed by atoms with E-state index < -0.39 is 18.1 Å². The molecule has 1 saturated heterocycles. The fraction of sp³-hybridized carbons (Fsp3) is 0.500. The number of ether oxygens (including phenoxy) is 1. The molecule has 3 rings (SSSR count). The highest BCUT2D eigenvalue weighted by molar-refractivity contribution is 6.01. The van der Waals surface area contributed by atoms with Gasteiger partial charge in [-0.05, 0) is 37.5 Å². The largest absolute Gasteiger partial charge is 0.449 e. The molecule has 1 aliphatic carbocycles. The highest BCUT2D eigenvalue weighted by Gasteiger charge is 2.28. The second-order valence-electron chi connectivity index (χ2n) is 7.23. The van der Waals surface area contributed by atoms with E-state index in [0.717, 1.165) is 30.6 Å². The summed E-state index contributed by atoms with van der Waals surface area (Å²) in [5, 5.41) is 5.40. The minimum absolute atomic E-state index is 0.00402. The van der Waals surface area contributed by atoms with Gasteiger partial charge in [0.05, 0.1) is 18.7 Å². The number of carbonyl (C=O) groups excluding carboxylic acids is 4. The number of rotatable bonds is 6. The standard InChI is InChI=1S/C20H25N3O5/c1-13(18(25)22-16-5-3-2-4-6-16)28-19(26)15-9-7-14(8-10-15)12-23-17(24)11-21-20(23)27/h7-10,13,16H,2-6,11-12H2,1H3,(H,21,27)(H,22,25). The van der Waals surface area contributed by atoms with Crippen LogP contribution in [0.5, 0.6) is 0 Å². The van der Waals surface area contributed by atoms with E-state index in [1.165, 1.54) is 6.42 Å². The number of carbonyl (C=O) groups is 4. The molecule has 0 aromatic heterocycles. The molecule has 0 radical (unpaired) electrons. The van der Waals surface area contributed by atoms with Crippen LogP contribution in [0.2, 0.25) is 0 Å². The van der Waals surface area contributed by atoms with Crippen LogP contribution in [0.1, 0.15) is 54.9 Å². The zero-order valence-electron chi connectivity index (χ0n) is 15.9. The van der Waals surface area contributed by atoms with Gasteiger partial charge in [-0.2, -0.15) is 0 Å². The highest BCUT2D eigenvalue weighted by Crippen LogP contribution is 2.18. The maximum atomic E-state index is 12.3. The van der Waals surface area contributed by atoms with Gasteiger partial charge in [-0.15, -0.1) is 0 Å². The van der Waals surface area contributed by atoms with Gasteiger partial charge in [0, 0.05) is 6.04 Å². The number of urea groups is 1. The van der Waals surface area contributed by atoms with E-state index in [4.69, 9.17) is 4.74 Å². The number of hydrogen-bond donors (Lipinski definition) is 2. The summed E-state index contributed by atoms with van der Waals surface area (Å²) in [5.41, 5.74) is 1.02. The van der Waals surface area contributed by atoms with Gasteiger partial charge in [-0.25, -0.2) is 9.59 Å². The second kappa shape index (κ2) is 8.86. The molecule has 1 atom stereocenters. The van der Waals surface area contributed by atoms with Crippen molar-refractivity contribution in [2.24, 2.45) is 0 Å². The van der Waals surface area contributed by atoms with E-state index in [1.807, 2.05) is 0 Å². The lowest BCUT2D eigenvalue weighted by molar-refractivity contribution is -0.130. The third kappa shape index (κ3) is 4.88. The molecule has 0 spiro atoms. The molecular weight excluding hydrogens is 362 g/mol. The number of esters is 1. The Kier molecular flexibility index (Phi) is 6.28. The summed E-state index contributed by atoms with van der Waals surface area (Å²) in [6.45, 7) is 1.70. The van der Waals surface area contributed by atoms with Crippen molar-refractivity contribution in [3.8, 4) is 0 Å². The van der Waals surface area contributed by atoms with Gasteiger partial charge in [-0.3, -0.25) is 14.5 Å². The first-order chi connectivity index (χ1) is 13.4. The summed E-state index contributed by atoms with van der Waals surface area (Å²) in [7, 11) is 0. The SMILES string of the molecule is CC(OC(=O)c1ccc(CN2C(=O)CNC2=O)cc1)C(=O)NC1CCCCC1. The zero-order valence-corrected chi connectivity index (χ0v) is 15.9. The summed E-state index contributed by atoms with van der Waals surface area (Å²) in [6, 6.07) is 6.16. The van der Waals surface area contributed by atoms with Crippen molar-refractivity contribution in [3.63, 3.8) is 0 Å². The van der Waals surface area contributed by atoms with Crippen LogP contribution >= 0.6 is 0 Å². The van der Waals surface area contributed by atoms with Gasteiger partial charge in [-0.1, -0.05) is 31.4 Å². The molecule has 1 aliphatic heterocycles. The topological polar surface area (TPSA) is 105 Å². The van der Waals surface area contributed by atoms with Crippen LogP contribution < -0.4 is 10.6 Å². The Balaban J connectivity index is 1.51. The fourth-order valence-electron chi connectivity index (χ4n) is 3.39. The predicted octanol–water partition coefficient (Wildman–Crippen LogP) is 1.73. The van der Waals surface area contributed by atoms with E-state index in [9.17, 15) is 19.2 Å². The van der Waals surface area contributed by atoms with Crippen molar-refractivity contribution in [2.45, 2.75) is 57.7 Å². The first-order valence-corrected chi connectivity index (χ1v) is 9.62. The van der Waals surface area contributed by atoms with E-state index >= 15 is 0 Å². The number of imide groups is 1. The number of benzene rings is 1. The first-order valence-electron chi connectivity index (χ1n) is 9.62. The van der Waals surface area contributed by atoms with Crippen LogP contribution in [0, 0.1) is 0 Å². The summed E-state index contributed by atoms with van der Waals surface area (Å²) >= 11 is 0. The molecule has 1 aromatic carbocycles. The molecule has 2 N–H and O–H groups in total. The van der Waals surface area contributed by atoms with Crippen LogP contribution in [0.15, 0.2) is 24.3 Å². The van der Waals surface area contributed by atoms with E-state index in [0.29, 0.717) is 11.1 Å². The summed E-state index contributed by atoms with van der Waals surface area (Å²) in [5.74, 6) is -1.16. The number of amides is 4. The van der Waals surface area contributed by atoms with Crippen molar-refractivity contribution in [1.82, 2.24) is 15.5 Å². The van der Waals surface area contributed by atoms with Gasteiger partial charge >= 0.3 is 12.0 Å². The molecule has 4 amide bonds. The Morgan fingerprint density at radius 2 is 1.86 bits per heavy atom. The highest BCUT2D eigenvalue weighted by atomic mass is 16.5. The molecule has 2 aliphatic rings. The van der Waals surface area contributed by atoms with Crippen molar-refractivity contribution in [2.75, 3.05) is 6.54 Å². The maximum Gasteiger partial charge on any atom is 0.338 e. The molecule has 8 nitrogen and oxygen atoms in total. The number of hydrogen-bond acceptors (Lipinski definition) is 5. The normalized spacial score (nSPS) is 18.5. The molecular formula is C20H25N3O5. The monoisotopic (exact) mass is 387 g/mol. The van der Waals surface area contributed by atoms with E-state index in [1.54, 1.807) is 31.2 Å². The number of nitrogens with zero attached hydrogens (tertiary/aromatic N) is 1. The second-order valence-corrected chi connectivity index (χ2v) is 7.23. The minimum atomic E-state index is -0.875. The third-order valence-electron chi connectivity index (χ3n) is 5.07. The Bertz CT molecular complexity index is 740. The predicted molar refractivity (Wildman–Crippen MR) is 100 cm³/mol. The summed E-state index contributed by atoms with van der Waals surface area (Å²) in [4.78, 5) is 48.8. The van der Waals surface area contributed by atoms with Crippen LogP contribution in [-0.2, 0) is 20.9 Å². The van der Waals surface area contributed by atoms with Gasteiger partial charge in [0.15, 0.2) is 6.10 Å². The molecule has 1 saturated carbocycles. The Labute approximate surface area is 163 Å². The lowest BCUT2D eigenvalue weighted by atomic mass is 9.95. The molecule has 1 heterocycles. The average molecular weight is 387 g/mol.